The molecule has 0 radical (unpaired) electrons. The van der Waals surface area contributed by atoms with E-state index < -0.39 is 0 Å². The monoisotopic (exact) mass is 281 g/mol. The molecule has 0 amide bonds. The van der Waals surface area contributed by atoms with Gasteiger partial charge < -0.3 is 0 Å². The third-order valence-corrected chi connectivity index (χ3v) is 3.36. The number of carbonyl (C=O) groups is 1. The predicted octanol–water partition coefficient (Wildman–Crippen LogP) is 3.78. The van der Waals surface area contributed by atoms with Crippen molar-refractivity contribution in [1.29, 1.82) is 0 Å². The van der Waals surface area contributed by atoms with Crippen molar-refractivity contribution in [2.24, 2.45) is 0 Å². The van der Waals surface area contributed by atoms with Gasteiger partial charge in [0.25, 0.3) is 0 Å². The van der Waals surface area contributed by atoms with Gasteiger partial charge in [0, 0.05) is 11.4 Å². The molecule has 0 saturated heterocycles. The zero-order valence-electron chi connectivity index (χ0n) is 8.03. The topological polar surface area (TPSA) is 30.0 Å². The molecule has 1 aromatic heterocycles. The Kier molecular flexibility index (Phi) is 2.98. The van der Waals surface area contributed by atoms with Crippen molar-refractivity contribution in [2.45, 2.75) is 6.92 Å². The number of nitrogens with zero attached hydrogens (tertiary/aromatic N) is 1. The van der Waals surface area contributed by atoms with Crippen LogP contribution in [-0.4, -0.2) is 10.8 Å². The van der Waals surface area contributed by atoms with Gasteiger partial charge in [0.05, 0.1) is 10.4 Å². The summed E-state index contributed by atoms with van der Waals surface area (Å²) in [6.07, 6.45) is 0. The Balaban J connectivity index is 2.54. The van der Waals surface area contributed by atoms with E-state index >= 15 is 0 Å². The molecule has 0 aliphatic rings. The molecule has 2 nitrogen and oxygen atoms in total. The average Bonchev–Trinajstić information content (AvgIpc) is 2.65. The van der Waals surface area contributed by atoms with E-state index in [1.54, 1.807) is 5.51 Å². The van der Waals surface area contributed by atoms with Gasteiger partial charge >= 0.3 is 0 Å². The Morgan fingerprint density at radius 3 is 2.93 bits per heavy atom. The summed E-state index contributed by atoms with van der Waals surface area (Å²) in [5, 5.41) is 0. The van der Waals surface area contributed by atoms with Crippen molar-refractivity contribution in [3.8, 4) is 10.4 Å². The summed E-state index contributed by atoms with van der Waals surface area (Å²) in [6.45, 7) is 1.54. The zero-order chi connectivity index (χ0) is 10.8. The second-order valence-corrected chi connectivity index (χ2v) is 4.87. The van der Waals surface area contributed by atoms with Gasteiger partial charge in [0.2, 0.25) is 0 Å². The maximum atomic E-state index is 11.3. The van der Waals surface area contributed by atoms with Gasteiger partial charge in [-0.05, 0) is 17.7 Å². The molecule has 4 heteroatoms. The van der Waals surface area contributed by atoms with E-state index in [2.05, 4.69) is 20.9 Å². The summed E-state index contributed by atoms with van der Waals surface area (Å²) in [4.78, 5) is 16.3. The second-order valence-electron chi connectivity index (χ2n) is 3.10. The fraction of sp³-hybridized carbons (Fsp3) is 0.0909. The minimum atomic E-state index is 0.00576. The summed E-state index contributed by atoms with van der Waals surface area (Å²) in [6, 6.07) is 7.87. The largest absolute Gasteiger partial charge is 0.293 e. The normalized spacial score (nSPS) is 10.3. The first-order valence-electron chi connectivity index (χ1n) is 4.39. The van der Waals surface area contributed by atoms with Gasteiger partial charge in [-0.15, -0.1) is 11.3 Å². The third kappa shape index (κ3) is 2.16. The van der Waals surface area contributed by atoms with Crippen LogP contribution in [0.2, 0.25) is 0 Å². The number of ketones is 1. The first kappa shape index (κ1) is 10.5. The van der Waals surface area contributed by atoms with Crippen LogP contribution in [0.1, 0.15) is 17.4 Å². The highest BCUT2D eigenvalue weighted by Crippen LogP contribution is 2.29. The first-order valence-corrected chi connectivity index (χ1v) is 6.06. The molecule has 1 aromatic carbocycles. The van der Waals surface area contributed by atoms with Gasteiger partial charge in [-0.3, -0.25) is 4.79 Å². The van der Waals surface area contributed by atoms with E-state index in [0.29, 0.717) is 5.69 Å². The van der Waals surface area contributed by atoms with Crippen molar-refractivity contribution < 1.29 is 4.79 Å². The molecule has 0 unspecified atom stereocenters. The molecule has 1 heterocycles. The first-order chi connectivity index (χ1) is 7.18. The van der Waals surface area contributed by atoms with Crippen LogP contribution in [0.15, 0.2) is 34.2 Å². The van der Waals surface area contributed by atoms with Crippen LogP contribution in [0.3, 0.4) is 0 Å². The van der Waals surface area contributed by atoms with E-state index in [9.17, 15) is 4.79 Å². The SMILES string of the molecule is CC(=O)c1ncsc1-c1cccc(Br)c1. The van der Waals surface area contributed by atoms with E-state index in [1.807, 2.05) is 24.3 Å². The highest BCUT2D eigenvalue weighted by Gasteiger charge is 2.12. The quantitative estimate of drug-likeness (QED) is 0.785. The van der Waals surface area contributed by atoms with Crippen molar-refractivity contribution in [3.63, 3.8) is 0 Å². The number of halogens is 1. The molecule has 0 saturated carbocycles. The molecule has 2 aromatic rings. The maximum Gasteiger partial charge on any atom is 0.179 e. The number of aromatic nitrogens is 1. The molecule has 76 valence electrons. The van der Waals surface area contributed by atoms with Crippen LogP contribution < -0.4 is 0 Å². The Morgan fingerprint density at radius 2 is 2.27 bits per heavy atom. The van der Waals surface area contributed by atoms with Crippen LogP contribution in [0.4, 0.5) is 0 Å². The van der Waals surface area contributed by atoms with Crippen LogP contribution in [-0.2, 0) is 0 Å². The van der Waals surface area contributed by atoms with Gasteiger partial charge in [-0.2, -0.15) is 0 Å². The van der Waals surface area contributed by atoms with E-state index in [4.69, 9.17) is 0 Å². The molecular weight excluding hydrogens is 274 g/mol. The Labute approximate surface area is 100 Å². The van der Waals surface area contributed by atoms with Gasteiger partial charge in [-0.1, -0.05) is 28.1 Å². The van der Waals surface area contributed by atoms with Crippen molar-refractivity contribution in [2.75, 3.05) is 0 Å². The number of carbonyl (C=O) groups excluding carboxylic acids is 1. The number of thiazole rings is 1. The van der Waals surface area contributed by atoms with Crippen molar-refractivity contribution in [1.82, 2.24) is 4.98 Å². The minimum absolute atomic E-state index is 0.00576. The third-order valence-electron chi connectivity index (χ3n) is 1.99. The molecular formula is C11H8BrNOS. The standard InChI is InChI=1S/C11H8BrNOS/c1-7(14)10-11(15-6-13-10)8-3-2-4-9(12)5-8/h2-6H,1H3. The lowest BCUT2D eigenvalue weighted by Gasteiger charge is -2.00. The Hall–Kier alpha value is -1.00. The van der Waals surface area contributed by atoms with E-state index in [0.717, 1.165) is 14.9 Å². The number of Topliss-reactive ketones (excluding diaryl/α,β-unsaturated/α-hetero) is 1. The summed E-state index contributed by atoms with van der Waals surface area (Å²) in [5.41, 5.74) is 3.28. The van der Waals surface area contributed by atoms with E-state index in [1.165, 1.54) is 18.3 Å². The van der Waals surface area contributed by atoms with Gasteiger partial charge in [-0.25, -0.2) is 4.98 Å². The summed E-state index contributed by atoms with van der Waals surface area (Å²) in [5.74, 6) is 0.00576. The van der Waals surface area contributed by atoms with Gasteiger partial charge in [0.1, 0.15) is 5.69 Å². The van der Waals surface area contributed by atoms with E-state index in [-0.39, 0.29) is 5.78 Å². The molecule has 0 bridgehead atoms. The molecule has 0 N–H and O–H groups in total. The smallest absolute Gasteiger partial charge is 0.179 e. The van der Waals surface area contributed by atoms with Crippen LogP contribution in [0.5, 0.6) is 0 Å². The van der Waals surface area contributed by atoms with Gasteiger partial charge in [0.15, 0.2) is 5.78 Å². The van der Waals surface area contributed by atoms with Crippen molar-refractivity contribution in [3.05, 3.63) is 39.9 Å². The molecule has 2 rings (SSSR count). The van der Waals surface area contributed by atoms with Crippen LogP contribution in [0, 0.1) is 0 Å². The number of hydrogen-bond donors (Lipinski definition) is 0. The average molecular weight is 282 g/mol. The summed E-state index contributed by atoms with van der Waals surface area (Å²) < 4.78 is 1.00. The fourth-order valence-corrected chi connectivity index (χ4v) is 2.57. The molecule has 0 aliphatic heterocycles. The summed E-state index contributed by atoms with van der Waals surface area (Å²) in [7, 11) is 0. The predicted molar refractivity (Wildman–Crippen MR) is 65.3 cm³/mol. The van der Waals surface area contributed by atoms with Crippen LogP contribution in [0.25, 0.3) is 10.4 Å². The lowest BCUT2D eigenvalue weighted by atomic mass is 10.1. The highest BCUT2D eigenvalue weighted by molar-refractivity contribution is 9.10. The van der Waals surface area contributed by atoms with Crippen molar-refractivity contribution >= 4 is 33.0 Å². The summed E-state index contributed by atoms with van der Waals surface area (Å²) >= 11 is 4.90. The second kappa shape index (κ2) is 4.24. The number of hydrogen-bond acceptors (Lipinski definition) is 3. The number of rotatable bonds is 2. The maximum absolute atomic E-state index is 11.3. The molecule has 0 aliphatic carbocycles. The lowest BCUT2D eigenvalue weighted by Crippen LogP contribution is -1.94. The Bertz CT molecular complexity index is 507. The minimum Gasteiger partial charge on any atom is -0.293 e. The zero-order valence-corrected chi connectivity index (χ0v) is 10.4. The number of benzene rings is 1. The fourth-order valence-electron chi connectivity index (χ4n) is 1.33. The molecule has 0 atom stereocenters. The molecule has 15 heavy (non-hydrogen) atoms. The highest BCUT2D eigenvalue weighted by atomic mass is 79.9. The molecule has 0 fully saturated rings. The van der Waals surface area contributed by atoms with Crippen LogP contribution >= 0.6 is 27.3 Å². The Morgan fingerprint density at radius 1 is 1.47 bits per heavy atom. The lowest BCUT2D eigenvalue weighted by molar-refractivity contribution is 0.101. The molecule has 0 spiro atoms.